The number of ether oxygens (including phenoxy) is 1. The van der Waals surface area contributed by atoms with Crippen molar-refractivity contribution >= 4 is 5.97 Å². The summed E-state index contributed by atoms with van der Waals surface area (Å²) in [6.45, 7) is 0. The highest BCUT2D eigenvalue weighted by molar-refractivity contribution is 5.75. The standard InChI is InChI=1S/C7H10O3/c8-5-2-1-4-3-6(5)10-7(4)9/h4-6,8H,1-3H2/t4-,5-,6-/m1/s1. The number of aliphatic hydroxyl groups excluding tert-OH is 1. The molecule has 1 saturated carbocycles. The van der Waals surface area contributed by atoms with E-state index in [0.717, 1.165) is 19.3 Å². The lowest BCUT2D eigenvalue weighted by Gasteiger charge is -2.19. The van der Waals surface area contributed by atoms with Gasteiger partial charge in [0.25, 0.3) is 0 Å². The SMILES string of the molecule is O=C1O[C@@H]2C[C@H]1CC[C@H]2O. The molecule has 56 valence electrons. The molecule has 0 aromatic rings. The van der Waals surface area contributed by atoms with Gasteiger partial charge in [0, 0.05) is 6.42 Å². The fraction of sp³-hybridized carbons (Fsp3) is 0.857. The number of esters is 1. The summed E-state index contributed by atoms with van der Waals surface area (Å²) >= 11 is 0. The molecule has 3 nitrogen and oxygen atoms in total. The minimum Gasteiger partial charge on any atom is -0.459 e. The van der Waals surface area contributed by atoms with Gasteiger partial charge in [0.2, 0.25) is 0 Å². The Balaban J connectivity index is 2.15. The first-order chi connectivity index (χ1) is 4.77. The zero-order valence-electron chi connectivity index (χ0n) is 5.62. The van der Waals surface area contributed by atoms with Crippen LogP contribution < -0.4 is 0 Å². The van der Waals surface area contributed by atoms with Crippen molar-refractivity contribution in [2.45, 2.75) is 31.5 Å². The Bertz CT molecular complexity index is 166. The maximum Gasteiger partial charge on any atom is 0.309 e. The number of carbonyl (C=O) groups excluding carboxylic acids is 1. The summed E-state index contributed by atoms with van der Waals surface area (Å²) in [7, 11) is 0. The summed E-state index contributed by atoms with van der Waals surface area (Å²) in [5, 5.41) is 9.24. The van der Waals surface area contributed by atoms with Crippen LogP contribution in [0.5, 0.6) is 0 Å². The Morgan fingerprint density at radius 2 is 2.30 bits per heavy atom. The highest BCUT2D eigenvalue weighted by Gasteiger charge is 2.42. The number of hydrogen-bond donors (Lipinski definition) is 1. The second-order valence-corrected chi connectivity index (χ2v) is 3.05. The van der Waals surface area contributed by atoms with E-state index >= 15 is 0 Å². The van der Waals surface area contributed by atoms with Crippen LogP contribution in [0.15, 0.2) is 0 Å². The van der Waals surface area contributed by atoms with E-state index in [-0.39, 0.29) is 18.0 Å². The number of hydrogen-bond acceptors (Lipinski definition) is 3. The highest BCUT2D eigenvalue weighted by atomic mass is 16.6. The van der Waals surface area contributed by atoms with E-state index in [1.54, 1.807) is 0 Å². The molecular weight excluding hydrogens is 132 g/mol. The van der Waals surface area contributed by atoms with Gasteiger partial charge in [-0.25, -0.2) is 0 Å². The van der Waals surface area contributed by atoms with Gasteiger partial charge in [-0.1, -0.05) is 0 Å². The molecule has 1 aliphatic carbocycles. The Hall–Kier alpha value is -0.570. The maximum atomic E-state index is 10.9. The van der Waals surface area contributed by atoms with Gasteiger partial charge in [0.1, 0.15) is 6.10 Å². The van der Waals surface area contributed by atoms with Gasteiger partial charge in [-0.2, -0.15) is 0 Å². The van der Waals surface area contributed by atoms with Crippen LogP contribution in [0.3, 0.4) is 0 Å². The predicted molar refractivity (Wildman–Crippen MR) is 33.2 cm³/mol. The summed E-state index contributed by atoms with van der Waals surface area (Å²) < 4.78 is 4.91. The predicted octanol–water partition coefficient (Wildman–Crippen LogP) is 0.0728. The molecule has 1 heterocycles. The zero-order chi connectivity index (χ0) is 7.14. The van der Waals surface area contributed by atoms with E-state index in [9.17, 15) is 9.90 Å². The van der Waals surface area contributed by atoms with Crippen LogP contribution in [0.2, 0.25) is 0 Å². The first-order valence-corrected chi connectivity index (χ1v) is 3.66. The summed E-state index contributed by atoms with van der Waals surface area (Å²) in [5.74, 6) is -0.0186. The van der Waals surface area contributed by atoms with Gasteiger partial charge >= 0.3 is 5.97 Å². The average molecular weight is 142 g/mol. The van der Waals surface area contributed by atoms with Gasteiger partial charge in [-0.15, -0.1) is 0 Å². The molecule has 1 N–H and O–H groups in total. The summed E-state index contributed by atoms with van der Waals surface area (Å²) in [4.78, 5) is 10.9. The van der Waals surface area contributed by atoms with Crippen LogP contribution in [-0.4, -0.2) is 23.3 Å². The lowest BCUT2D eigenvalue weighted by atomic mass is 9.88. The van der Waals surface area contributed by atoms with Gasteiger partial charge in [-0.05, 0) is 12.8 Å². The molecular formula is C7H10O3. The second-order valence-electron chi connectivity index (χ2n) is 3.05. The van der Waals surface area contributed by atoms with Crippen molar-refractivity contribution in [1.82, 2.24) is 0 Å². The third kappa shape index (κ3) is 0.736. The maximum absolute atomic E-state index is 10.9. The van der Waals surface area contributed by atoms with Crippen LogP contribution in [0.25, 0.3) is 0 Å². The quantitative estimate of drug-likeness (QED) is 0.487. The Morgan fingerprint density at radius 3 is 3.00 bits per heavy atom. The van der Waals surface area contributed by atoms with Crippen LogP contribution >= 0.6 is 0 Å². The number of rotatable bonds is 0. The first kappa shape index (κ1) is 6.16. The lowest BCUT2D eigenvalue weighted by molar-refractivity contribution is -0.145. The van der Waals surface area contributed by atoms with Gasteiger partial charge < -0.3 is 9.84 Å². The summed E-state index contributed by atoms with van der Waals surface area (Å²) in [5.41, 5.74) is 0. The molecule has 0 aromatic carbocycles. The van der Waals surface area contributed by atoms with E-state index in [0.29, 0.717) is 0 Å². The summed E-state index contributed by atoms with van der Waals surface area (Å²) in [6.07, 6.45) is 1.67. The van der Waals surface area contributed by atoms with E-state index in [1.807, 2.05) is 0 Å². The first-order valence-electron chi connectivity index (χ1n) is 3.66. The molecule has 3 heteroatoms. The molecule has 2 rings (SSSR count). The monoisotopic (exact) mass is 142 g/mol. The van der Waals surface area contributed by atoms with E-state index in [2.05, 4.69) is 0 Å². The van der Waals surface area contributed by atoms with Crippen molar-refractivity contribution in [1.29, 1.82) is 0 Å². The molecule has 2 aliphatic rings. The molecule has 0 amide bonds. The zero-order valence-corrected chi connectivity index (χ0v) is 5.62. The fourth-order valence-corrected chi connectivity index (χ4v) is 1.70. The minimum absolute atomic E-state index is 0.0911. The molecule has 0 spiro atoms. The third-order valence-electron chi connectivity index (χ3n) is 2.36. The normalized spacial score (nSPS) is 45.3. The van der Waals surface area contributed by atoms with E-state index in [4.69, 9.17) is 4.74 Å². The number of carbonyl (C=O) groups is 1. The Kier molecular flexibility index (Phi) is 1.20. The largest absolute Gasteiger partial charge is 0.459 e. The Morgan fingerprint density at radius 1 is 1.50 bits per heavy atom. The van der Waals surface area contributed by atoms with Crippen molar-refractivity contribution in [3.8, 4) is 0 Å². The van der Waals surface area contributed by atoms with Crippen molar-refractivity contribution in [2.24, 2.45) is 5.92 Å². The third-order valence-corrected chi connectivity index (χ3v) is 2.36. The second kappa shape index (κ2) is 1.95. The van der Waals surface area contributed by atoms with Crippen LogP contribution in [-0.2, 0) is 9.53 Å². The molecule has 10 heavy (non-hydrogen) atoms. The number of aliphatic hydroxyl groups is 1. The molecule has 3 atom stereocenters. The Labute approximate surface area is 59.0 Å². The molecule has 1 saturated heterocycles. The van der Waals surface area contributed by atoms with Gasteiger partial charge in [0.15, 0.2) is 0 Å². The smallest absolute Gasteiger partial charge is 0.309 e. The lowest BCUT2D eigenvalue weighted by Crippen LogP contribution is -2.28. The molecule has 2 fully saturated rings. The molecule has 2 bridgehead atoms. The van der Waals surface area contributed by atoms with Gasteiger partial charge in [-0.3, -0.25) is 4.79 Å². The van der Waals surface area contributed by atoms with Crippen molar-refractivity contribution in [3.05, 3.63) is 0 Å². The fourth-order valence-electron chi connectivity index (χ4n) is 1.70. The topological polar surface area (TPSA) is 46.5 Å². The number of fused-ring (bicyclic) bond motifs is 2. The average Bonchev–Trinajstić information content (AvgIpc) is 2.21. The van der Waals surface area contributed by atoms with E-state index < -0.39 is 6.10 Å². The molecule has 0 unspecified atom stereocenters. The van der Waals surface area contributed by atoms with Gasteiger partial charge in [0.05, 0.1) is 12.0 Å². The summed E-state index contributed by atoms with van der Waals surface area (Å²) in [6, 6.07) is 0. The minimum atomic E-state index is -0.400. The highest BCUT2D eigenvalue weighted by Crippen LogP contribution is 2.33. The molecule has 0 radical (unpaired) electrons. The van der Waals surface area contributed by atoms with Crippen molar-refractivity contribution < 1.29 is 14.6 Å². The molecule has 0 aromatic heterocycles. The van der Waals surface area contributed by atoms with Crippen LogP contribution in [0, 0.1) is 5.92 Å². The van der Waals surface area contributed by atoms with Crippen LogP contribution in [0.1, 0.15) is 19.3 Å². The molecule has 1 aliphatic heterocycles. The van der Waals surface area contributed by atoms with Crippen LogP contribution in [0.4, 0.5) is 0 Å². The van der Waals surface area contributed by atoms with Crippen molar-refractivity contribution in [3.63, 3.8) is 0 Å². The van der Waals surface area contributed by atoms with Crippen molar-refractivity contribution in [2.75, 3.05) is 0 Å². The van der Waals surface area contributed by atoms with E-state index in [1.165, 1.54) is 0 Å².